The Morgan fingerprint density at radius 1 is 1.64 bits per heavy atom. The van der Waals surface area contributed by atoms with Gasteiger partial charge in [-0.3, -0.25) is 4.68 Å². The minimum atomic E-state index is -2.37. The molecular weight excluding hydrogens is 305 g/mol. The molecule has 0 radical (unpaired) electrons. The number of alkyl halides is 2. The molecule has 80 valence electrons. The van der Waals surface area contributed by atoms with Crippen LogP contribution < -0.4 is 0 Å². The summed E-state index contributed by atoms with van der Waals surface area (Å²) in [7, 11) is 0. The number of nitrogens with zero attached hydrogens (tertiary/aromatic N) is 2. The molecule has 0 bridgehead atoms. The molecule has 1 aromatic rings. The van der Waals surface area contributed by atoms with E-state index >= 15 is 0 Å². The van der Waals surface area contributed by atoms with Crippen molar-refractivity contribution in [3.05, 3.63) is 15.5 Å². The summed E-state index contributed by atoms with van der Waals surface area (Å²) in [6.07, 6.45) is -0.771. The van der Waals surface area contributed by atoms with Gasteiger partial charge in [0.2, 0.25) is 0 Å². The molecule has 1 rings (SSSR count). The van der Waals surface area contributed by atoms with Gasteiger partial charge in [0.05, 0.1) is 10.2 Å². The zero-order valence-corrected chi connectivity index (χ0v) is 9.87. The quantitative estimate of drug-likeness (QED) is 0.780. The summed E-state index contributed by atoms with van der Waals surface area (Å²) in [6.45, 7) is 2.49. The molecule has 1 heterocycles. The molecule has 0 unspecified atom stereocenters. The zero-order valence-electron chi connectivity index (χ0n) is 7.71. The van der Waals surface area contributed by atoms with Gasteiger partial charge < -0.3 is 4.74 Å². The van der Waals surface area contributed by atoms with Crippen molar-refractivity contribution in [3.63, 3.8) is 0 Å². The summed E-state index contributed by atoms with van der Waals surface area (Å²) >= 11 is 2.06. The average Bonchev–Trinajstić information content (AvgIpc) is 2.41. The second-order valence-electron chi connectivity index (χ2n) is 2.67. The molecular formula is C8H11F2IN2O. The standard InChI is InChI=1S/C8H11F2IN2O/c1-2-14-5-7-6(11)3-13(12-7)4-8(9)10/h3,8H,2,4-5H2,1H3. The zero-order chi connectivity index (χ0) is 10.6. The summed E-state index contributed by atoms with van der Waals surface area (Å²) in [5.41, 5.74) is 0.716. The largest absolute Gasteiger partial charge is 0.375 e. The van der Waals surface area contributed by atoms with Gasteiger partial charge in [0.1, 0.15) is 12.2 Å². The first-order valence-corrected chi connectivity index (χ1v) is 5.29. The Hall–Kier alpha value is -0.240. The first-order valence-electron chi connectivity index (χ1n) is 4.21. The van der Waals surface area contributed by atoms with Crippen molar-refractivity contribution in [1.82, 2.24) is 9.78 Å². The van der Waals surface area contributed by atoms with E-state index in [0.717, 1.165) is 3.57 Å². The Kier molecular flexibility index (Phi) is 4.73. The van der Waals surface area contributed by atoms with Gasteiger partial charge in [-0.05, 0) is 29.5 Å². The predicted octanol–water partition coefficient (Wildman–Crippen LogP) is 2.29. The minimum absolute atomic E-state index is 0.359. The molecule has 0 saturated carbocycles. The van der Waals surface area contributed by atoms with E-state index in [-0.39, 0.29) is 6.54 Å². The Balaban J connectivity index is 2.62. The Bertz CT molecular complexity index is 291. The first-order chi connectivity index (χ1) is 6.63. The topological polar surface area (TPSA) is 27.1 Å². The van der Waals surface area contributed by atoms with Crippen molar-refractivity contribution in [2.75, 3.05) is 6.61 Å². The lowest BCUT2D eigenvalue weighted by atomic mass is 10.5. The van der Waals surface area contributed by atoms with Crippen molar-refractivity contribution in [2.45, 2.75) is 26.5 Å². The van der Waals surface area contributed by atoms with E-state index in [1.807, 2.05) is 6.92 Å². The molecule has 0 atom stereocenters. The van der Waals surface area contributed by atoms with E-state index < -0.39 is 6.43 Å². The maximum atomic E-state index is 12.0. The molecule has 3 nitrogen and oxygen atoms in total. The van der Waals surface area contributed by atoms with Gasteiger partial charge >= 0.3 is 0 Å². The SMILES string of the molecule is CCOCc1nn(CC(F)F)cc1I. The summed E-state index contributed by atoms with van der Waals surface area (Å²) in [4.78, 5) is 0. The van der Waals surface area contributed by atoms with Crippen LogP contribution in [0.1, 0.15) is 12.6 Å². The summed E-state index contributed by atoms with van der Waals surface area (Å²) in [5, 5.41) is 3.99. The van der Waals surface area contributed by atoms with Crippen LogP contribution >= 0.6 is 22.6 Å². The van der Waals surface area contributed by atoms with Gasteiger partial charge in [0, 0.05) is 12.8 Å². The second-order valence-corrected chi connectivity index (χ2v) is 3.84. The van der Waals surface area contributed by atoms with Crippen LogP contribution in [0.5, 0.6) is 0 Å². The lowest BCUT2D eigenvalue weighted by molar-refractivity contribution is 0.117. The molecule has 0 fully saturated rings. The number of halogens is 3. The lowest BCUT2D eigenvalue weighted by Crippen LogP contribution is -2.07. The van der Waals surface area contributed by atoms with Crippen LogP contribution in [-0.4, -0.2) is 22.8 Å². The van der Waals surface area contributed by atoms with Gasteiger partial charge in [-0.2, -0.15) is 5.10 Å². The van der Waals surface area contributed by atoms with Gasteiger partial charge in [-0.15, -0.1) is 0 Å². The summed E-state index contributed by atoms with van der Waals surface area (Å²) < 4.78 is 31.3. The van der Waals surface area contributed by atoms with Crippen LogP contribution in [0.4, 0.5) is 8.78 Å². The third-order valence-corrected chi connectivity index (χ3v) is 2.46. The summed E-state index contributed by atoms with van der Waals surface area (Å²) in [5.74, 6) is 0. The Labute approximate surface area is 94.6 Å². The van der Waals surface area contributed by atoms with Crippen LogP contribution in [0.2, 0.25) is 0 Å². The fourth-order valence-corrected chi connectivity index (χ4v) is 1.55. The van der Waals surface area contributed by atoms with Crippen molar-refractivity contribution in [1.29, 1.82) is 0 Å². The maximum absolute atomic E-state index is 12.0. The van der Waals surface area contributed by atoms with Crippen molar-refractivity contribution < 1.29 is 13.5 Å². The van der Waals surface area contributed by atoms with E-state index in [4.69, 9.17) is 4.74 Å². The fraction of sp³-hybridized carbons (Fsp3) is 0.625. The molecule has 0 amide bonds. The third kappa shape index (κ3) is 3.49. The molecule has 0 aliphatic carbocycles. The monoisotopic (exact) mass is 316 g/mol. The molecule has 0 aliphatic heterocycles. The smallest absolute Gasteiger partial charge is 0.257 e. The molecule has 0 aromatic carbocycles. The Morgan fingerprint density at radius 3 is 2.93 bits per heavy atom. The maximum Gasteiger partial charge on any atom is 0.257 e. The van der Waals surface area contributed by atoms with Crippen LogP contribution in [0.3, 0.4) is 0 Å². The second kappa shape index (κ2) is 5.59. The molecule has 0 N–H and O–H groups in total. The van der Waals surface area contributed by atoms with Gasteiger partial charge in [-0.1, -0.05) is 0 Å². The lowest BCUT2D eigenvalue weighted by Gasteiger charge is -1.99. The van der Waals surface area contributed by atoms with E-state index in [0.29, 0.717) is 18.9 Å². The number of ether oxygens (including phenoxy) is 1. The molecule has 0 saturated heterocycles. The van der Waals surface area contributed by atoms with Crippen molar-refractivity contribution in [3.8, 4) is 0 Å². The van der Waals surface area contributed by atoms with E-state index in [1.165, 1.54) is 4.68 Å². The van der Waals surface area contributed by atoms with Crippen LogP contribution in [0.15, 0.2) is 6.20 Å². The molecule has 14 heavy (non-hydrogen) atoms. The highest BCUT2D eigenvalue weighted by atomic mass is 127. The number of hydrogen-bond acceptors (Lipinski definition) is 2. The number of hydrogen-bond donors (Lipinski definition) is 0. The van der Waals surface area contributed by atoms with Crippen LogP contribution in [0.25, 0.3) is 0 Å². The first kappa shape index (κ1) is 11.8. The van der Waals surface area contributed by atoms with Gasteiger partial charge in [0.15, 0.2) is 0 Å². The van der Waals surface area contributed by atoms with E-state index in [1.54, 1.807) is 6.20 Å². The van der Waals surface area contributed by atoms with Crippen LogP contribution in [-0.2, 0) is 17.9 Å². The van der Waals surface area contributed by atoms with Crippen LogP contribution in [0, 0.1) is 3.57 Å². The predicted molar refractivity (Wildman–Crippen MR) is 56.3 cm³/mol. The van der Waals surface area contributed by atoms with Gasteiger partial charge in [0.25, 0.3) is 6.43 Å². The van der Waals surface area contributed by atoms with Crippen molar-refractivity contribution >= 4 is 22.6 Å². The highest BCUT2D eigenvalue weighted by Gasteiger charge is 2.09. The number of aromatic nitrogens is 2. The average molecular weight is 316 g/mol. The fourth-order valence-electron chi connectivity index (χ4n) is 0.969. The highest BCUT2D eigenvalue weighted by Crippen LogP contribution is 2.12. The van der Waals surface area contributed by atoms with E-state index in [9.17, 15) is 8.78 Å². The van der Waals surface area contributed by atoms with Gasteiger partial charge in [-0.25, -0.2) is 8.78 Å². The Morgan fingerprint density at radius 2 is 2.36 bits per heavy atom. The minimum Gasteiger partial charge on any atom is -0.375 e. The normalized spacial score (nSPS) is 11.2. The highest BCUT2D eigenvalue weighted by molar-refractivity contribution is 14.1. The molecule has 0 aliphatic rings. The summed E-state index contributed by atoms with van der Waals surface area (Å²) in [6, 6.07) is 0. The third-order valence-electron chi connectivity index (χ3n) is 1.56. The van der Waals surface area contributed by atoms with Crippen molar-refractivity contribution in [2.24, 2.45) is 0 Å². The molecule has 1 aromatic heterocycles. The molecule has 6 heteroatoms. The molecule has 0 spiro atoms. The van der Waals surface area contributed by atoms with E-state index in [2.05, 4.69) is 27.7 Å². The number of rotatable bonds is 5.